The van der Waals surface area contributed by atoms with Gasteiger partial charge in [0.05, 0.1) is 30.2 Å². The molecule has 2 aromatic rings. The van der Waals surface area contributed by atoms with Crippen molar-refractivity contribution in [3.8, 4) is 5.75 Å². The van der Waals surface area contributed by atoms with E-state index in [1.165, 1.54) is 31.4 Å². The van der Waals surface area contributed by atoms with Gasteiger partial charge in [-0.25, -0.2) is 0 Å². The number of hydrogen-bond donors (Lipinski definition) is 0. The zero-order valence-corrected chi connectivity index (χ0v) is 17.7. The number of rotatable bonds is 5. The summed E-state index contributed by atoms with van der Waals surface area (Å²) in [4.78, 5) is 30.3. The summed E-state index contributed by atoms with van der Waals surface area (Å²) in [6.45, 7) is 4.69. The number of hydrogen-bond acceptors (Lipinski definition) is 5. The van der Waals surface area contributed by atoms with Crippen molar-refractivity contribution < 1.29 is 19.1 Å². The highest BCUT2D eigenvalue weighted by molar-refractivity contribution is 7.11. The minimum atomic E-state index is -0.464. The fraction of sp³-hybridized carbons (Fsp3) is 0.450. The first kappa shape index (κ1) is 20.8. The maximum atomic E-state index is 12.9. The fourth-order valence-electron chi connectivity index (χ4n) is 3.26. The molecule has 3 rings (SSSR count). The number of benzene rings is 1. The van der Waals surface area contributed by atoms with Gasteiger partial charge < -0.3 is 14.0 Å². The van der Waals surface area contributed by atoms with Gasteiger partial charge in [0.25, 0.3) is 5.91 Å². The van der Waals surface area contributed by atoms with Crippen LogP contribution in [0, 0.1) is 6.92 Å². The van der Waals surface area contributed by atoms with Crippen LogP contribution in [0.2, 0.25) is 5.02 Å². The van der Waals surface area contributed by atoms with Crippen molar-refractivity contribution in [1.29, 1.82) is 0 Å². The minimum absolute atomic E-state index is 0.0463. The molecule has 1 aliphatic heterocycles. The van der Waals surface area contributed by atoms with E-state index in [0.29, 0.717) is 27.0 Å². The molecule has 1 fully saturated rings. The molecule has 1 amide bonds. The zero-order chi connectivity index (χ0) is 20.3. The molecule has 0 N–H and O–H groups in total. The van der Waals surface area contributed by atoms with Crippen LogP contribution >= 0.6 is 22.9 Å². The monoisotopic (exact) mass is 422 g/mol. The molecule has 1 atom stereocenters. The van der Waals surface area contributed by atoms with Gasteiger partial charge in [-0.3, -0.25) is 9.59 Å². The van der Waals surface area contributed by atoms with Gasteiger partial charge >= 0.3 is 0 Å². The number of thiazole rings is 1. The lowest BCUT2D eigenvalue weighted by molar-refractivity contribution is 0.00521. The molecule has 28 heavy (non-hydrogen) atoms. The second-order valence-corrected chi connectivity index (χ2v) is 8.13. The number of methoxy groups -OCH3 is 1. The summed E-state index contributed by atoms with van der Waals surface area (Å²) in [5, 5.41) is 0.426. The molecule has 0 bridgehead atoms. The number of nitrogens with zero attached hydrogens (tertiary/aromatic N) is 2. The zero-order valence-electron chi connectivity index (χ0n) is 16.2. The molecule has 2 heterocycles. The number of ether oxygens (including phenoxy) is 2. The van der Waals surface area contributed by atoms with Crippen LogP contribution in [0.4, 0.5) is 0 Å². The molecule has 1 aromatic heterocycles. The van der Waals surface area contributed by atoms with E-state index >= 15 is 0 Å². The molecule has 0 spiro atoms. The van der Waals surface area contributed by atoms with Crippen LogP contribution in [0.3, 0.4) is 0 Å². The molecule has 150 valence electrons. The maximum absolute atomic E-state index is 12.9. The molecule has 0 aliphatic carbocycles. The van der Waals surface area contributed by atoms with E-state index in [-0.39, 0.29) is 17.5 Å². The molecule has 8 heteroatoms. The number of halogens is 1. The smallest absolute Gasteiger partial charge is 0.283 e. The third-order valence-electron chi connectivity index (χ3n) is 4.73. The molecule has 1 unspecified atom stereocenters. The van der Waals surface area contributed by atoms with Gasteiger partial charge in [0.15, 0.2) is 10.6 Å². The Balaban J connectivity index is 2.04. The lowest BCUT2D eigenvalue weighted by atomic mass is 10.1. The molecular formula is C20H23ClN2O4S. The average molecular weight is 423 g/mol. The summed E-state index contributed by atoms with van der Waals surface area (Å²) >= 11 is 7.26. The first-order valence-electron chi connectivity index (χ1n) is 9.16. The number of carbonyl (C=O) groups is 2. The number of aromatic nitrogens is 1. The fourth-order valence-corrected chi connectivity index (χ4v) is 4.47. The van der Waals surface area contributed by atoms with E-state index < -0.39 is 5.91 Å². The Morgan fingerprint density at radius 1 is 1.39 bits per heavy atom. The third-order valence-corrected chi connectivity index (χ3v) is 6.24. The summed E-state index contributed by atoms with van der Waals surface area (Å²) in [7, 11) is 1.49. The van der Waals surface area contributed by atoms with Gasteiger partial charge in [0.1, 0.15) is 5.75 Å². The van der Waals surface area contributed by atoms with Crippen LogP contribution in [0.25, 0.3) is 0 Å². The first-order chi connectivity index (χ1) is 13.4. The minimum Gasteiger partial charge on any atom is -0.496 e. The highest BCUT2D eigenvalue weighted by Crippen LogP contribution is 2.24. The van der Waals surface area contributed by atoms with E-state index in [9.17, 15) is 9.59 Å². The lowest BCUT2D eigenvalue weighted by Crippen LogP contribution is -2.30. The summed E-state index contributed by atoms with van der Waals surface area (Å²) in [6.07, 6.45) is 3.18. The Bertz CT molecular complexity index is 958. The van der Waals surface area contributed by atoms with Crippen LogP contribution in [0.15, 0.2) is 23.2 Å². The SMILES string of the molecule is COc1ccc(Cl)cc1C(=O)N=c1sc(C(C)=O)c(C)n1CC1CCCCO1. The first-order valence-corrected chi connectivity index (χ1v) is 10.4. The van der Waals surface area contributed by atoms with Crippen LogP contribution < -0.4 is 9.54 Å². The summed E-state index contributed by atoms with van der Waals surface area (Å²) in [6, 6.07) is 4.82. The molecule has 6 nitrogen and oxygen atoms in total. The highest BCUT2D eigenvalue weighted by Gasteiger charge is 2.21. The summed E-state index contributed by atoms with van der Waals surface area (Å²) < 4.78 is 13.0. The summed E-state index contributed by atoms with van der Waals surface area (Å²) in [5.74, 6) is -0.107. The Morgan fingerprint density at radius 3 is 2.82 bits per heavy atom. The van der Waals surface area contributed by atoms with Crippen LogP contribution in [-0.2, 0) is 11.3 Å². The van der Waals surface area contributed by atoms with Crippen molar-refractivity contribution in [2.75, 3.05) is 13.7 Å². The van der Waals surface area contributed by atoms with E-state index in [0.717, 1.165) is 31.6 Å². The van der Waals surface area contributed by atoms with E-state index in [4.69, 9.17) is 21.1 Å². The standard InChI is InChI=1S/C20H23ClN2O4S/c1-12-18(13(2)24)28-20(23(12)11-15-6-4-5-9-27-15)22-19(25)16-10-14(21)7-8-17(16)26-3/h7-8,10,15H,4-6,9,11H2,1-3H3. The number of ketones is 1. The van der Waals surface area contributed by atoms with Crippen molar-refractivity contribution in [3.05, 3.63) is 44.2 Å². The van der Waals surface area contributed by atoms with Crippen molar-refractivity contribution >= 4 is 34.6 Å². The Kier molecular flexibility index (Phi) is 6.69. The molecule has 1 aliphatic rings. The quantitative estimate of drug-likeness (QED) is 0.682. The van der Waals surface area contributed by atoms with Crippen molar-refractivity contribution in [1.82, 2.24) is 4.57 Å². The second-order valence-electron chi connectivity index (χ2n) is 6.72. The van der Waals surface area contributed by atoms with Gasteiger partial charge in [-0.1, -0.05) is 22.9 Å². The number of carbonyl (C=O) groups excluding carboxylic acids is 2. The Hall–Kier alpha value is -1.96. The Morgan fingerprint density at radius 2 is 2.18 bits per heavy atom. The van der Waals surface area contributed by atoms with Crippen LogP contribution in [0.1, 0.15) is 51.9 Å². The second kappa shape index (κ2) is 9.03. The van der Waals surface area contributed by atoms with Crippen LogP contribution in [-0.4, -0.2) is 36.1 Å². The van der Waals surface area contributed by atoms with Gasteiger partial charge in [0.2, 0.25) is 0 Å². The molecule has 1 aromatic carbocycles. The maximum Gasteiger partial charge on any atom is 0.283 e. The molecular weight excluding hydrogens is 400 g/mol. The van der Waals surface area contributed by atoms with Gasteiger partial charge in [-0.2, -0.15) is 4.99 Å². The van der Waals surface area contributed by atoms with Crippen molar-refractivity contribution in [2.24, 2.45) is 4.99 Å². The van der Waals surface area contributed by atoms with Gasteiger partial charge in [-0.15, -0.1) is 0 Å². The third kappa shape index (κ3) is 4.54. The van der Waals surface area contributed by atoms with Crippen LogP contribution in [0.5, 0.6) is 5.75 Å². The average Bonchev–Trinajstić information content (AvgIpc) is 2.98. The van der Waals surface area contributed by atoms with E-state index in [2.05, 4.69) is 4.99 Å². The topological polar surface area (TPSA) is 69.9 Å². The Labute approximate surface area is 172 Å². The van der Waals surface area contributed by atoms with Crippen molar-refractivity contribution in [2.45, 2.75) is 45.8 Å². The molecule has 1 saturated heterocycles. The molecule has 0 saturated carbocycles. The van der Waals surface area contributed by atoms with E-state index in [1.807, 2.05) is 11.5 Å². The molecule has 0 radical (unpaired) electrons. The predicted molar refractivity (Wildman–Crippen MR) is 109 cm³/mol. The largest absolute Gasteiger partial charge is 0.496 e. The van der Waals surface area contributed by atoms with Gasteiger partial charge in [0, 0.05) is 24.2 Å². The predicted octanol–water partition coefficient (Wildman–Crippen LogP) is 4.03. The van der Waals surface area contributed by atoms with Crippen molar-refractivity contribution in [3.63, 3.8) is 0 Å². The normalized spacial score (nSPS) is 17.6. The number of Topliss-reactive ketones (excluding diaryl/α,β-unsaturated/α-hetero) is 1. The highest BCUT2D eigenvalue weighted by atomic mass is 35.5. The summed E-state index contributed by atoms with van der Waals surface area (Å²) in [5.41, 5.74) is 1.09. The van der Waals surface area contributed by atoms with E-state index in [1.54, 1.807) is 12.1 Å². The van der Waals surface area contributed by atoms with Gasteiger partial charge in [-0.05, 0) is 44.4 Å². The number of amides is 1. The lowest BCUT2D eigenvalue weighted by Gasteiger charge is -2.23.